The van der Waals surface area contributed by atoms with Crippen LogP contribution in [-0.2, 0) is 6.61 Å². The molecule has 21 heavy (non-hydrogen) atoms. The molecule has 2 aromatic rings. The summed E-state index contributed by atoms with van der Waals surface area (Å²) in [7, 11) is 0. The van der Waals surface area contributed by atoms with Gasteiger partial charge in [-0.25, -0.2) is 4.99 Å². The molecule has 0 radical (unpaired) electrons. The van der Waals surface area contributed by atoms with Crippen molar-refractivity contribution in [3.05, 3.63) is 71.6 Å². The zero-order valence-corrected chi connectivity index (χ0v) is 12.7. The van der Waals surface area contributed by atoms with E-state index >= 15 is 0 Å². The molecule has 0 spiro atoms. The SMILES string of the molecule is C/C=C/SC(N)=Nc1ccc(OCc2ccccc2)cc1. The van der Waals surface area contributed by atoms with E-state index in [1.54, 1.807) is 0 Å². The van der Waals surface area contributed by atoms with E-state index in [-0.39, 0.29) is 0 Å². The first kappa shape index (κ1) is 15.2. The third-order valence-corrected chi connectivity index (χ3v) is 3.39. The molecule has 0 aliphatic heterocycles. The Kier molecular flexibility index (Phi) is 5.91. The Morgan fingerprint density at radius 1 is 1.14 bits per heavy atom. The highest BCUT2D eigenvalue weighted by Crippen LogP contribution is 2.20. The second kappa shape index (κ2) is 8.17. The molecular weight excluding hydrogens is 280 g/mol. The van der Waals surface area contributed by atoms with Crippen molar-refractivity contribution < 1.29 is 4.74 Å². The number of nitrogens with two attached hydrogens (primary N) is 1. The molecule has 0 aliphatic rings. The molecule has 0 atom stereocenters. The summed E-state index contributed by atoms with van der Waals surface area (Å²) in [6.45, 7) is 2.50. The van der Waals surface area contributed by atoms with E-state index in [0.717, 1.165) is 17.0 Å². The fraction of sp³-hybridized carbons (Fsp3) is 0.118. The molecule has 4 heteroatoms. The third-order valence-electron chi connectivity index (χ3n) is 2.65. The molecule has 108 valence electrons. The van der Waals surface area contributed by atoms with Gasteiger partial charge in [0.1, 0.15) is 12.4 Å². The average molecular weight is 298 g/mol. The van der Waals surface area contributed by atoms with Crippen molar-refractivity contribution in [3.8, 4) is 5.75 Å². The minimum atomic E-state index is 0.519. The van der Waals surface area contributed by atoms with Crippen LogP contribution in [0.3, 0.4) is 0 Å². The van der Waals surface area contributed by atoms with Crippen LogP contribution < -0.4 is 10.5 Å². The van der Waals surface area contributed by atoms with E-state index in [1.165, 1.54) is 11.8 Å². The fourth-order valence-corrected chi connectivity index (χ4v) is 2.08. The maximum atomic E-state index is 5.79. The molecule has 0 bridgehead atoms. The van der Waals surface area contributed by atoms with Crippen LogP contribution in [0, 0.1) is 0 Å². The number of nitrogens with zero attached hydrogens (tertiary/aromatic N) is 1. The van der Waals surface area contributed by atoms with Gasteiger partial charge < -0.3 is 10.5 Å². The molecule has 2 aromatic carbocycles. The van der Waals surface area contributed by atoms with Gasteiger partial charge in [0, 0.05) is 0 Å². The number of hydrogen-bond acceptors (Lipinski definition) is 3. The summed E-state index contributed by atoms with van der Waals surface area (Å²) in [5, 5.41) is 2.42. The number of hydrogen-bond donors (Lipinski definition) is 1. The number of ether oxygens (including phenoxy) is 1. The molecule has 0 unspecified atom stereocenters. The van der Waals surface area contributed by atoms with E-state index in [4.69, 9.17) is 10.5 Å². The standard InChI is InChI=1S/C17H18N2OS/c1-2-12-21-17(18)19-15-8-10-16(11-9-15)20-13-14-6-4-3-5-7-14/h2-12H,13H2,1H3,(H2,18,19)/b12-2+. The van der Waals surface area contributed by atoms with Crippen molar-refractivity contribution in [2.75, 3.05) is 0 Å². The summed E-state index contributed by atoms with van der Waals surface area (Å²) in [6, 6.07) is 17.7. The largest absolute Gasteiger partial charge is 0.489 e. The number of rotatable bonds is 5. The van der Waals surface area contributed by atoms with Gasteiger partial charge in [-0.2, -0.15) is 0 Å². The highest BCUT2D eigenvalue weighted by Gasteiger charge is 1.97. The van der Waals surface area contributed by atoms with Crippen LogP contribution in [0.5, 0.6) is 5.75 Å². The molecule has 3 nitrogen and oxygen atoms in total. The predicted octanol–water partition coefficient (Wildman–Crippen LogP) is 4.48. The summed E-state index contributed by atoms with van der Waals surface area (Å²) >= 11 is 1.40. The van der Waals surface area contributed by atoms with Gasteiger partial charge in [0.05, 0.1) is 5.69 Å². The lowest BCUT2D eigenvalue weighted by molar-refractivity contribution is 0.306. The number of thioether (sulfide) groups is 1. The number of allylic oxidation sites excluding steroid dienone is 1. The second-order valence-electron chi connectivity index (χ2n) is 4.31. The van der Waals surface area contributed by atoms with Gasteiger partial charge in [-0.05, 0) is 42.2 Å². The van der Waals surface area contributed by atoms with E-state index in [1.807, 2.05) is 73.0 Å². The van der Waals surface area contributed by atoms with Crippen molar-refractivity contribution in [2.45, 2.75) is 13.5 Å². The zero-order valence-electron chi connectivity index (χ0n) is 11.9. The lowest BCUT2D eigenvalue weighted by Gasteiger charge is -2.06. The molecule has 0 fully saturated rings. The van der Waals surface area contributed by atoms with E-state index in [0.29, 0.717) is 11.8 Å². The summed E-state index contributed by atoms with van der Waals surface area (Å²) in [5.41, 5.74) is 7.76. The van der Waals surface area contributed by atoms with Crippen molar-refractivity contribution in [3.63, 3.8) is 0 Å². The van der Waals surface area contributed by atoms with Gasteiger partial charge in [0.2, 0.25) is 0 Å². The van der Waals surface area contributed by atoms with Gasteiger partial charge in [0.25, 0.3) is 0 Å². The Bertz CT molecular complexity index is 606. The number of aliphatic imine (C=N–C) groups is 1. The first-order chi connectivity index (χ1) is 10.3. The van der Waals surface area contributed by atoms with Gasteiger partial charge in [-0.3, -0.25) is 0 Å². The Morgan fingerprint density at radius 3 is 2.52 bits per heavy atom. The Labute approximate surface area is 129 Å². The lowest BCUT2D eigenvalue weighted by atomic mass is 10.2. The van der Waals surface area contributed by atoms with Crippen molar-refractivity contribution in [2.24, 2.45) is 10.7 Å². The smallest absolute Gasteiger partial charge is 0.163 e. The minimum Gasteiger partial charge on any atom is -0.489 e. The Hall–Kier alpha value is -2.20. The van der Waals surface area contributed by atoms with Crippen molar-refractivity contribution in [1.29, 1.82) is 0 Å². The van der Waals surface area contributed by atoms with Gasteiger partial charge >= 0.3 is 0 Å². The van der Waals surface area contributed by atoms with Crippen LogP contribution in [0.25, 0.3) is 0 Å². The molecule has 0 aromatic heterocycles. The Balaban J connectivity index is 1.93. The highest BCUT2D eigenvalue weighted by atomic mass is 32.2. The first-order valence-electron chi connectivity index (χ1n) is 6.66. The second-order valence-corrected chi connectivity index (χ2v) is 5.23. The van der Waals surface area contributed by atoms with E-state index in [2.05, 4.69) is 4.99 Å². The Morgan fingerprint density at radius 2 is 1.86 bits per heavy atom. The lowest BCUT2D eigenvalue weighted by Crippen LogP contribution is -2.03. The topological polar surface area (TPSA) is 47.6 Å². The van der Waals surface area contributed by atoms with Crippen LogP contribution in [0.2, 0.25) is 0 Å². The van der Waals surface area contributed by atoms with Crippen LogP contribution >= 0.6 is 11.8 Å². The maximum Gasteiger partial charge on any atom is 0.163 e. The van der Waals surface area contributed by atoms with Crippen molar-refractivity contribution >= 4 is 22.6 Å². The van der Waals surface area contributed by atoms with Crippen LogP contribution in [0.1, 0.15) is 12.5 Å². The molecule has 0 saturated carbocycles. The molecule has 0 aliphatic carbocycles. The van der Waals surface area contributed by atoms with E-state index in [9.17, 15) is 0 Å². The van der Waals surface area contributed by atoms with Crippen LogP contribution in [0.4, 0.5) is 5.69 Å². The molecule has 0 heterocycles. The van der Waals surface area contributed by atoms with Crippen LogP contribution in [0.15, 0.2) is 71.1 Å². The fourth-order valence-electron chi connectivity index (χ4n) is 1.65. The van der Waals surface area contributed by atoms with E-state index < -0.39 is 0 Å². The number of amidine groups is 1. The molecular formula is C17H18N2OS. The quantitative estimate of drug-likeness (QED) is 0.654. The molecule has 0 amide bonds. The summed E-state index contributed by atoms with van der Waals surface area (Å²) in [4.78, 5) is 4.31. The zero-order chi connectivity index (χ0) is 14.9. The molecule has 0 saturated heterocycles. The van der Waals surface area contributed by atoms with Crippen molar-refractivity contribution in [1.82, 2.24) is 0 Å². The number of benzene rings is 2. The predicted molar refractivity (Wildman–Crippen MR) is 90.9 cm³/mol. The maximum absolute atomic E-state index is 5.79. The van der Waals surface area contributed by atoms with Gasteiger partial charge in [-0.1, -0.05) is 48.2 Å². The van der Waals surface area contributed by atoms with Gasteiger partial charge in [-0.15, -0.1) is 0 Å². The summed E-state index contributed by atoms with van der Waals surface area (Å²) < 4.78 is 5.72. The summed E-state index contributed by atoms with van der Waals surface area (Å²) in [5.74, 6) is 0.817. The molecule has 2 rings (SSSR count). The van der Waals surface area contributed by atoms with Crippen LogP contribution in [-0.4, -0.2) is 5.17 Å². The third kappa shape index (κ3) is 5.36. The monoisotopic (exact) mass is 298 g/mol. The highest BCUT2D eigenvalue weighted by molar-refractivity contribution is 8.16. The minimum absolute atomic E-state index is 0.519. The normalized spacial score (nSPS) is 11.8. The van der Waals surface area contributed by atoms with Gasteiger partial charge in [0.15, 0.2) is 5.17 Å². The molecule has 2 N–H and O–H groups in total. The average Bonchev–Trinajstić information content (AvgIpc) is 2.53. The first-order valence-corrected chi connectivity index (χ1v) is 7.54. The summed E-state index contributed by atoms with van der Waals surface area (Å²) in [6.07, 6.45) is 1.92.